The van der Waals surface area contributed by atoms with Gasteiger partial charge >= 0.3 is 6.09 Å². The fraction of sp³-hybridized carbons (Fsp3) is 0.426. The van der Waals surface area contributed by atoms with Crippen molar-refractivity contribution in [3.63, 3.8) is 0 Å². The number of hydrogen-bond acceptors (Lipinski definition) is 10. The molecule has 2 aliphatic heterocycles. The average Bonchev–Trinajstić information content (AvgIpc) is 3.90. The predicted octanol–water partition coefficient (Wildman–Crippen LogP) is 6.36. The van der Waals surface area contributed by atoms with Crippen molar-refractivity contribution in [1.82, 2.24) is 36.4 Å². The van der Waals surface area contributed by atoms with Gasteiger partial charge in [0.25, 0.3) is 5.91 Å². The Bertz CT molecular complexity index is 2610. The zero-order valence-electron chi connectivity index (χ0n) is 42.2. The first-order valence-corrected chi connectivity index (χ1v) is 24.6. The van der Waals surface area contributed by atoms with E-state index >= 15 is 4.79 Å². The highest BCUT2D eigenvalue weighted by Gasteiger charge is 2.37. The fourth-order valence-corrected chi connectivity index (χ4v) is 8.87. The Kier molecular flexibility index (Phi) is 18.3. The molecule has 2 aliphatic rings. The number of rotatable bonds is 15. The number of methoxy groups -OCH3 is 2. The quantitative estimate of drug-likeness (QED) is 0.0832. The second-order valence-electron chi connectivity index (χ2n) is 19.1. The van der Waals surface area contributed by atoms with E-state index in [-0.39, 0.29) is 30.9 Å². The van der Waals surface area contributed by atoms with Crippen LogP contribution in [-0.4, -0.2) is 122 Å². The molecule has 5 atom stereocenters. The Labute approximate surface area is 426 Å². The number of benzene rings is 4. The number of likely N-dealkylation sites (tertiary alicyclic amines) is 1. The second-order valence-corrected chi connectivity index (χ2v) is 19.6. The number of unbranched alkanes of at least 4 members (excludes halogenated alkanes) is 1. The van der Waals surface area contributed by atoms with Crippen molar-refractivity contribution >= 4 is 53.1 Å². The van der Waals surface area contributed by atoms with Gasteiger partial charge in [0.2, 0.25) is 29.5 Å². The van der Waals surface area contributed by atoms with Gasteiger partial charge in [0.05, 0.1) is 14.2 Å². The van der Waals surface area contributed by atoms with Gasteiger partial charge < -0.3 is 50.6 Å². The summed E-state index contributed by atoms with van der Waals surface area (Å²) in [6, 6.07) is 18.6. The molecule has 17 nitrogen and oxygen atoms in total. The molecule has 2 heterocycles. The van der Waals surface area contributed by atoms with Crippen molar-refractivity contribution in [1.29, 1.82) is 0 Å². The molecule has 4 bridgehead atoms. The number of carbonyl (C=O) groups is 7. The number of hydrogen-bond donors (Lipinski definition) is 5. The molecule has 0 unspecified atom stereocenters. The minimum absolute atomic E-state index is 0.0123. The van der Waals surface area contributed by atoms with E-state index in [0.717, 1.165) is 24.0 Å². The van der Waals surface area contributed by atoms with Crippen LogP contribution in [0, 0.1) is 0 Å². The predicted molar refractivity (Wildman–Crippen MR) is 273 cm³/mol. The summed E-state index contributed by atoms with van der Waals surface area (Å²) in [6.45, 7) is 9.77. The Balaban J connectivity index is 1.33. The molecule has 1 fully saturated rings. The van der Waals surface area contributed by atoms with E-state index in [1.54, 1.807) is 105 Å². The molecule has 5 N–H and O–H groups in total. The normalized spacial score (nSPS) is 17.7. The van der Waals surface area contributed by atoms with E-state index in [1.165, 1.54) is 33.1 Å². The Hall–Kier alpha value is -7.14. The number of ether oxygens (including phenoxy) is 3. The molecule has 0 aromatic heterocycles. The van der Waals surface area contributed by atoms with Crippen molar-refractivity contribution in [3.8, 4) is 33.8 Å². The first-order valence-electron chi connectivity index (χ1n) is 24.2. The molecule has 4 aromatic carbocycles. The molecule has 0 aliphatic carbocycles. The summed E-state index contributed by atoms with van der Waals surface area (Å²) in [6.07, 6.45) is 2.08. The maximum atomic E-state index is 15.0. The summed E-state index contributed by atoms with van der Waals surface area (Å²) >= 11 is 6.10. The van der Waals surface area contributed by atoms with Crippen molar-refractivity contribution < 1.29 is 47.8 Å². The highest BCUT2D eigenvalue weighted by molar-refractivity contribution is 6.30. The lowest BCUT2D eigenvalue weighted by Crippen LogP contribution is -2.57. The molecule has 0 spiro atoms. The van der Waals surface area contributed by atoms with E-state index in [2.05, 4.69) is 26.6 Å². The number of amides is 7. The van der Waals surface area contributed by atoms with Crippen LogP contribution in [0.4, 0.5) is 4.79 Å². The van der Waals surface area contributed by atoms with Gasteiger partial charge in [-0.25, -0.2) is 4.79 Å². The Morgan fingerprint density at radius 1 is 0.806 bits per heavy atom. The van der Waals surface area contributed by atoms with Crippen LogP contribution in [0.1, 0.15) is 94.2 Å². The molecule has 18 heteroatoms. The zero-order chi connectivity index (χ0) is 52.3. The topological polar surface area (TPSA) is 214 Å². The van der Waals surface area contributed by atoms with Gasteiger partial charge in [0.15, 0.2) is 0 Å². The van der Waals surface area contributed by atoms with Gasteiger partial charge in [0.1, 0.15) is 47.3 Å². The van der Waals surface area contributed by atoms with Crippen LogP contribution in [0.5, 0.6) is 11.5 Å². The summed E-state index contributed by atoms with van der Waals surface area (Å²) in [5.41, 5.74) is 3.32. The van der Waals surface area contributed by atoms with Crippen molar-refractivity contribution in [2.24, 2.45) is 0 Å². The average molecular weight is 1010 g/mol. The van der Waals surface area contributed by atoms with Gasteiger partial charge in [-0.2, -0.15) is 0 Å². The van der Waals surface area contributed by atoms with E-state index in [9.17, 15) is 28.8 Å². The monoisotopic (exact) mass is 1010 g/mol. The third-order valence-electron chi connectivity index (χ3n) is 12.6. The lowest BCUT2D eigenvalue weighted by molar-refractivity contribution is -0.141. The highest BCUT2D eigenvalue weighted by Crippen LogP contribution is 2.40. The molecule has 72 heavy (non-hydrogen) atoms. The fourth-order valence-electron chi connectivity index (χ4n) is 8.74. The van der Waals surface area contributed by atoms with Crippen LogP contribution in [0.15, 0.2) is 84.9 Å². The first-order chi connectivity index (χ1) is 34.3. The van der Waals surface area contributed by atoms with Gasteiger partial charge in [-0.3, -0.25) is 28.8 Å². The highest BCUT2D eigenvalue weighted by atomic mass is 35.5. The Morgan fingerprint density at radius 3 is 2.04 bits per heavy atom. The van der Waals surface area contributed by atoms with E-state index < -0.39 is 71.4 Å². The molecule has 7 amide bonds. The number of halogens is 1. The number of alkyl carbamates (subject to hydrolysis) is 1. The summed E-state index contributed by atoms with van der Waals surface area (Å²) in [5, 5.41) is 14.6. The summed E-state index contributed by atoms with van der Waals surface area (Å²) < 4.78 is 17.0. The Morgan fingerprint density at radius 2 is 1.42 bits per heavy atom. The van der Waals surface area contributed by atoms with E-state index in [4.69, 9.17) is 25.8 Å². The standard InChI is InChI=1S/C54H66ClN7O10/c1-32-47(63)60-43(49(65)58-33(2)51(67)62-27-11-12-28-62)30-34-14-24-44(70-7)40(29-34)41-31-38(21-25-45(41)71-8)46(50(66)57-32)61(6)52(68)42(13-9-10-26-56-53(69)72-54(3,4)5)59-48(64)37-17-15-35(16-18-37)36-19-22-39(55)23-20-36/h14-25,29,31-33,42-43,46H,9-13,26-28,30H2,1-8H3,(H,56,69)(H,57,66)(H,58,65)(H,59,64)(H,60,63)/t32-,33-,42-,43-,46-/m0/s1. The number of carbonyl (C=O) groups excluding carboxylic acids is 7. The summed E-state index contributed by atoms with van der Waals surface area (Å²) in [7, 11) is 4.44. The molecule has 0 radical (unpaired) electrons. The largest absolute Gasteiger partial charge is 0.496 e. The lowest BCUT2D eigenvalue weighted by atomic mass is 9.93. The first kappa shape index (κ1) is 54.2. The van der Waals surface area contributed by atoms with Crippen LogP contribution in [0.2, 0.25) is 5.02 Å². The van der Waals surface area contributed by atoms with E-state index in [0.29, 0.717) is 64.7 Å². The van der Waals surface area contributed by atoms with Gasteiger partial charge in [-0.15, -0.1) is 0 Å². The number of nitrogens with zero attached hydrogens (tertiary/aromatic N) is 2. The second kappa shape index (κ2) is 24.3. The maximum absolute atomic E-state index is 15.0. The molecule has 4 aromatic rings. The van der Waals surface area contributed by atoms with Crippen LogP contribution < -0.4 is 36.1 Å². The third kappa shape index (κ3) is 14.0. The molecule has 0 saturated carbocycles. The van der Waals surface area contributed by atoms with Crippen LogP contribution in [-0.2, 0) is 35.1 Å². The summed E-state index contributed by atoms with van der Waals surface area (Å²) in [5.74, 6) is -2.57. The minimum Gasteiger partial charge on any atom is -0.496 e. The van der Waals surface area contributed by atoms with Crippen LogP contribution >= 0.6 is 11.6 Å². The molecule has 384 valence electrons. The lowest BCUT2D eigenvalue weighted by Gasteiger charge is -2.33. The molecule has 1 saturated heterocycles. The van der Waals surface area contributed by atoms with Crippen LogP contribution in [0.25, 0.3) is 22.3 Å². The molecular formula is C54H66ClN7O10. The smallest absolute Gasteiger partial charge is 0.407 e. The van der Waals surface area contributed by atoms with Crippen molar-refractivity contribution in [3.05, 3.63) is 107 Å². The van der Waals surface area contributed by atoms with Crippen LogP contribution in [0.3, 0.4) is 0 Å². The van der Waals surface area contributed by atoms with Gasteiger partial charge in [-0.1, -0.05) is 48.0 Å². The zero-order valence-corrected chi connectivity index (χ0v) is 42.9. The SMILES string of the molecule is COc1ccc2cc1-c1cc(ccc1OC)[C@H](N(C)C(=O)[C@H](CCCCNC(=O)OC(C)(C)C)NC(=O)c1ccc(-c3ccc(Cl)cc3)cc1)C(=O)N[C@@H](C)C(=O)N[C@H](C(=O)N[C@@H](C)C(=O)N1CCCC1)C2. The third-order valence-corrected chi connectivity index (χ3v) is 12.8. The van der Waals surface area contributed by atoms with Crippen molar-refractivity contribution in [2.45, 2.75) is 109 Å². The van der Waals surface area contributed by atoms with E-state index in [1.807, 2.05) is 12.1 Å². The number of fused-ring (bicyclic) bond motifs is 5. The number of nitrogens with one attached hydrogen (secondary N) is 5. The van der Waals surface area contributed by atoms with Gasteiger partial charge in [0, 0.05) is 54.8 Å². The molecule has 6 rings (SSSR count). The molecular weight excluding hydrogens is 942 g/mol. The van der Waals surface area contributed by atoms with Gasteiger partial charge in [-0.05, 0) is 138 Å². The summed E-state index contributed by atoms with van der Waals surface area (Å²) in [4.78, 5) is 100. The minimum atomic E-state index is -1.39. The number of likely N-dealkylation sites (N-methyl/N-ethyl adjacent to an activating group) is 1. The maximum Gasteiger partial charge on any atom is 0.407 e. The van der Waals surface area contributed by atoms with Crippen molar-refractivity contribution in [2.75, 3.05) is 40.9 Å².